The minimum Gasteiger partial charge on any atom is -0.361 e. The number of ether oxygens (including phenoxy) is 1. The molecule has 0 amide bonds. The molecule has 0 aliphatic carbocycles. The molecule has 3 rings (SSSR count). The minimum atomic E-state index is -0.491. The third kappa shape index (κ3) is 3.51. The second kappa shape index (κ2) is 7.26. The predicted octanol–water partition coefficient (Wildman–Crippen LogP) is 5.10. The maximum atomic E-state index is 6.72. The Morgan fingerprint density at radius 3 is 2.29 bits per heavy atom. The summed E-state index contributed by atoms with van der Waals surface area (Å²) >= 11 is 6.09. The number of nitrogens with zero attached hydrogens (tertiary/aromatic N) is 1. The normalized spacial score (nSPS) is 22.2. The first-order valence-electron chi connectivity index (χ1n) is 8.70. The number of rotatable bonds is 5. The summed E-state index contributed by atoms with van der Waals surface area (Å²) in [6.07, 6.45) is 2.60. The van der Waals surface area contributed by atoms with E-state index in [0.717, 1.165) is 17.1 Å². The van der Waals surface area contributed by atoms with Crippen LogP contribution < -0.4 is 0 Å². The van der Waals surface area contributed by atoms with Crippen LogP contribution in [0.3, 0.4) is 0 Å². The number of benzene rings is 2. The lowest BCUT2D eigenvalue weighted by molar-refractivity contribution is -0.0797. The smallest absolute Gasteiger partial charge is 0.116 e. The van der Waals surface area contributed by atoms with E-state index in [1.807, 2.05) is 18.2 Å². The number of halogens is 1. The highest BCUT2D eigenvalue weighted by Gasteiger charge is 2.36. The highest BCUT2D eigenvalue weighted by atomic mass is 35.5. The fourth-order valence-electron chi connectivity index (χ4n) is 3.81. The third-order valence-corrected chi connectivity index (χ3v) is 5.51. The summed E-state index contributed by atoms with van der Waals surface area (Å²) in [7, 11) is 2.19. The van der Waals surface area contributed by atoms with Crippen molar-refractivity contribution in [3.8, 4) is 0 Å². The quantitative estimate of drug-likeness (QED) is 0.748. The monoisotopic (exact) mass is 343 g/mol. The van der Waals surface area contributed by atoms with Crippen LogP contribution >= 0.6 is 11.6 Å². The largest absolute Gasteiger partial charge is 0.361 e. The summed E-state index contributed by atoms with van der Waals surface area (Å²) in [6.45, 7) is 5.52. The van der Waals surface area contributed by atoms with Gasteiger partial charge in [-0.15, -0.1) is 0 Å². The lowest BCUT2D eigenvalue weighted by Gasteiger charge is -2.37. The van der Waals surface area contributed by atoms with Crippen LogP contribution in [0.4, 0.5) is 0 Å². The van der Waals surface area contributed by atoms with Gasteiger partial charge >= 0.3 is 0 Å². The van der Waals surface area contributed by atoms with Gasteiger partial charge in [0.05, 0.1) is 6.10 Å². The number of likely N-dealkylation sites (tertiary alicyclic amines) is 1. The maximum absolute atomic E-state index is 6.72. The van der Waals surface area contributed by atoms with Crippen LogP contribution in [0.2, 0.25) is 5.02 Å². The van der Waals surface area contributed by atoms with Gasteiger partial charge in [-0.1, -0.05) is 54.1 Å². The van der Waals surface area contributed by atoms with Gasteiger partial charge in [-0.3, -0.25) is 0 Å². The summed E-state index contributed by atoms with van der Waals surface area (Å²) < 4.78 is 6.72. The van der Waals surface area contributed by atoms with E-state index in [1.165, 1.54) is 18.4 Å². The zero-order chi connectivity index (χ0) is 17.2. The first-order valence-corrected chi connectivity index (χ1v) is 9.08. The van der Waals surface area contributed by atoms with Crippen molar-refractivity contribution in [1.82, 2.24) is 4.90 Å². The lowest BCUT2D eigenvalue weighted by Crippen LogP contribution is -2.41. The second-order valence-electron chi connectivity index (χ2n) is 6.92. The fourth-order valence-corrected chi connectivity index (χ4v) is 3.93. The number of hydrogen-bond acceptors (Lipinski definition) is 2. The molecular weight excluding hydrogens is 318 g/mol. The third-order valence-electron chi connectivity index (χ3n) is 5.26. The molecule has 2 nitrogen and oxygen atoms in total. The molecule has 0 N–H and O–H groups in total. The van der Waals surface area contributed by atoms with Crippen molar-refractivity contribution in [3.05, 3.63) is 70.7 Å². The van der Waals surface area contributed by atoms with Crippen molar-refractivity contribution in [3.63, 3.8) is 0 Å². The van der Waals surface area contributed by atoms with E-state index in [2.05, 4.69) is 62.2 Å². The van der Waals surface area contributed by atoms with Gasteiger partial charge in [-0.2, -0.15) is 0 Å². The van der Waals surface area contributed by atoms with Crippen LogP contribution in [0.25, 0.3) is 0 Å². The molecule has 128 valence electrons. The van der Waals surface area contributed by atoms with Crippen LogP contribution in [0.5, 0.6) is 0 Å². The molecule has 1 aliphatic rings. The van der Waals surface area contributed by atoms with E-state index in [1.54, 1.807) is 0 Å². The Hall–Kier alpha value is -1.35. The van der Waals surface area contributed by atoms with Crippen molar-refractivity contribution in [2.45, 2.75) is 44.4 Å². The SMILES string of the molecule is CC(OC(C)(c1ccccc1)c1ccc(Cl)cc1)C1CCCN1C. The van der Waals surface area contributed by atoms with Crippen molar-refractivity contribution in [1.29, 1.82) is 0 Å². The molecule has 0 radical (unpaired) electrons. The predicted molar refractivity (Wildman–Crippen MR) is 101 cm³/mol. The molecule has 3 heteroatoms. The summed E-state index contributed by atoms with van der Waals surface area (Å²) in [6, 6.07) is 18.9. The first-order chi connectivity index (χ1) is 11.5. The Labute approximate surface area is 150 Å². The topological polar surface area (TPSA) is 12.5 Å². The van der Waals surface area contributed by atoms with Crippen LogP contribution in [0.1, 0.15) is 37.8 Å². The summed E-state index contributed by atoms with van der Waals surface area (Å²) in [4.78, 5) is 2.41. The van der Waals surface area contributed by atoms with Crippen molar-refractivity contribution in [2.24, 2.45) is 0 Å². The van der Waals surface area contributed by atoms with Gasteiger partial charge in [0.15, 0.2) is 0 Å². The molecule has 2 aromatic rings. The van der Waals surface area contributed by atoms with Crippen molar-refractivity contribution < 1.29 is 4.74 Å². The van der Waals surface area contributed by atoms with Gasteiger partial charge in [0, 0.05) is 11.1 Å². The van der Waals surface area contributed by atoms with Gasteiger partial charge < -0.3 is 9.64 Å². The molecule has 3 atom stereocenters. The van der Waals surface area contributed by atoms with E-state index in [4.69, 9.17) is 16.3 Å². The van der Waals surface area contributed by atoms with Crippen LogP contribution in [0, 0.1) is 0 Å². The molecule has 0 bridgehead atoms. The molecule has 24 heavy (non-hydrogen) atoms. The molecule has 0 saturated carbocycles. The fraction of sp³-hybridized carbons (Fsp3) is 0.429. The number of hydrogen-bond donors (Lipinski definition) is 0. The van der Waals surface area contributed by atoms with E-state index in [0.29, 0.717) is 6.04 Å². The van der Waals surface area contributed by atoms with Crippen LogP contribution in [0.15, 0.2) is 54.6 Å². The van der Waals surface area contributed by atoms with E-state index < -0.39 is 5.60 Å². The van der Waals surface area contributed by atoms with Gasteiger partial charge in [-0.25, -0.2) is 0 Å². The zero-order valence-electron chi connectivity index (χ0n) is 14.7. The Kier molecular flexibility index (Phi) is 5.29. The molecule has 0 spiro atoms. The van der Waals surface area contributed by atoms with E-state index in [9.17, 15) is 0 Å². The Morgan fingerprint density at radius 2 is 1.71 bits per heavy atom. The summed E-state index contributed by atoms with van der Waals surface area (Å²) in [5, 5.41) is 0.748. The Bertz CT molecular complexity index is 657. The van der Waals surface area contributed by atoms with Crippen LogP contribution in [-0.2, 0) is 10.3 Å². The first kappa shape index (κ1) is 17.5. The number of likely N-dealkylation sites (N-methyl/N-ethyl adjacent to an activating group) is 1. The highest BCUT2D eigenvalue weighted by molar-refractivity contribution is 6.30. The van der Waals surface area contributed by atoms with E-state index in [-0.39, 0.29) is 6.10 Å². The zero-order valence-corrected chi connectivity index (χ0v) is 15.5. The van der Waals surface area contributed by atoms with Gasteiger partial charge in [0.25, 0.3) is 0 Å². The molecule has 2 aromatic carbocycles. The lowest BCUT2D eigenvalue weighted by atomic mass is 9.87. The van der Waals surface area contributed by atoms with Gasteiger partial charge in [0.1, 0.15) is 5.60 Å². The average molecular weight is 344 g/mol. The Morgan fingerprint density at radius 1 is 1.08 bits per heavy atom. The summed E-state index contributed by atoms with van der Waals surface area (Å²) in [5.74, 6) is 0. The molecule has 1 heterocycles. The average Bonchev–Trinajstić information content (AvgIpc) is 3.02. The molecule has 1 fully saturated rings. The van der Waals surface area contributed by atoms with Crippen LogP contribution in [-0.4, -0.2) is 30.6 Å². The molecule has 1 saturated heterocycles. The minimum absolute atomic E-state index is 0.151. The van der Waals surface area contributed by atoms with Gasteiger partial charge in [0.2, 0.25) is 0 Å². The molecule has 1 aliphatic heterocycles. The summed E-state index contributed by atoms with van der Waals surface area (Å²) in [5.41, 5.74) is 1.81. The van der Waals surface area contributed by atoms with E-state index >= 15 is 0 Å². The molecule has 0 aromatic heterocycles. The molecule has 3 unspecified atom stereocenters. The van der Waals surface area contributed by atoms with Crippen molar-refractivity contribution >= 4 is 11.6 Å². The van der Waals surface area contributed by atoms with Gasteiger partial charge in [-0.05, 0) is 63.5 Å². The van der Waals surface area contributed by atoms with Crippen molar-refractivity contribution in [2.75, 3.05) is 13.6 Å². The standard InChI is InChI=1S/C21H26ClNO/c1-16(20-10-7-15-23(20)3)24-21(2,17-8-5-4-6-9-17)18-11-13-19(22)14-12-18/h4-6,8-9,11-14,16,20H,7,10,15H2,1-3H3. The molecular formula is C21H26ClNO. The Balaban J connectivity index is 1.94. The second-order valence-corrected chi connectivity index (χ2v) is 7.36. The maximum Gasteiger partial charge on any atom is 0.116 e. The highest BCUT2D eigenvalue weighted by Crippen LogP contribution is 2.36.